The maximum Gasteiger partial charge on any atom is 0.432 e. The Bertz CT molecular complexity index is 1540. The first kappa shape index (κ1) is 29.5. The van der Waals surface area contributed by atoms with Gasteiger partial charge in [0.1, 0.15) is 34.6 Å². The molecule has 5 rings (SSSR count). The monoisotopic (exact) mass is 594 g/mol. The Morgan fingerprint density at radius 1 is 0.548 bits per heavy atom. The van der Waals surface area contributed by atoms with Gasteiger partial charge in [0.25, 0.3) is 0 Å². The molecule has 0 saturated heterocycles. The summed E-state index contributed by atoms with van der Waals surface area (Å²) in [5.41, 5.74) is -2.11. The zero-order valence-electron chi connectivity index (χ0n) is 21.9. The third kappa shape index (κ3) is 5.98. The number of hydrogen-bond acceptors (Lipinski definition) is 1. The minimum atomic E-state index is -4.72. The van der Waals surface area contributed by atoms with Gasteiger partial charge in [-0.15, -0.1) is 0 Å². The van der Waals surface area contributed by atoms with E-state index < -0.39 is 69.3 Å². The molecule has 1 aliphatic rings. The maximum absolute atomic E-state index is 14.9. The Labute approximate surface area is 235 Å². The topological polar surface area (TPSA) is 9.23 Å². The van der Waals surface area contributed by atoms with E-state index in [1.165, 1.54) is 12.8 Å². The van der Waals surface area contributed by atoms with E-state index in [0.717, 1.165) is 31.2 Å². The van der Waals surface area contributed by atoms with Crippen LogP contribution in [-0.2, 0) is 6.11 Å². The molecule has 4 aromatic carbocycles. The molecule has 42 heavy (non-hydrogen) atoms. The molecular weight excluding hydrogens is 571 g/mol. The van der Waals surface area contributed by atoms with Crippen LogP contribution in [0.3, 0.4) is 0 Å². The molecule has 220 valence electrons. The lowest BCUT2D eigenvalue weighted by Gasteiger charge is -2.21. The summed E-state index contributed by atoms with van der Waals surface area (Å²) in [6.45, 7) is 0. The Morgan fingerprint density at radius 2 is 1.05 bits per heavy atom. The standard InChI is InChI=1S/C32H23F9O/c33-23-15-22(16-24(34)29(23)21-13-27(37)31(39)28(38)14-21)42-32(40,41)30-25(35)11-20(12-26(30)36)19-9-7-18(8-10-19)17-5-3-1-2-4-6-17/h7-17H,1-6H2. The first-order chi connectivity index (χ1) is 19.9. The smallest absolute Gasteiger partial charge is 0.429 e. The lowest BCUT2D eigenvalue weighted by molar-refractivity contribution is -0.189. The molecule has 0 bridgehead atoms. The van der Waals surface area contributed by atoms with Gasteiger partial charge in [-0.25, -0.2) is 30.7 Å². The van der Waals surface area contributed by atoms with E-state index in [-0.39, 0.29) is 17.7 Å². The third-order valence-electron chi connectivity index (χ3n) is 7.44. The molecule has 0 unspecified atom stereocenters. The summed E-state index contributed by atoms with van der Waals surface area (Å²) < 4.78 is 134. The van der Waals surface area contributed by atoms with Crippen molar-refractivity contribution in [2.75, 3.05) is 0 Å². The van der Waals surface area contributed by atoms with Crippen molar-refractivity contribution < 1.29 is 44.3 Å². The van der Waals surface area contributed by atoms with E-state index in [4.69, 9.17) is 0 Å². The largest absolute Gasteiger partial charge is 0.432 e. The summed E-state index contributed by atoms with van der Waals surface area (Å²) in [4.78, 5) is 0. The molecule has 1 fully saturated rings. The maximum atomic E-state index is 14.9. The van der Waals surface area contributed by atoms with E-state index in [1.807, 2.05) is 12.1 Å². The fourth-order valence-electron chi connectivity index (χ4n) is 5.36. The molecule has 0 atom stereocenters. The number of rotatable bonds is 6. The van der Waals surface area contributed by atoms with Crippen molar-refractivity contribution in [3.8, 4) is 28.0 Å². The predicted molar refractivity (Wildman–Crippen MR) is 138 cm³/mol. The van der Waals surface area contributed by atoms with Crippen LogP contribution >= 0.6 is 0 Å². The van der Waals surface area contributed by atoms with Crippen LogP contribution in [-0.4, -0.2) is 0 Å². The number of alkyl halides is 2. The van der Waals surface area contributed by atoms with Crippen LogP contribution in [0.4, 0.5) is 39.5 Å². The second-order valence-electron chi connectivity index (χ2n) is 10.3. The minimum absolute atomic E-state index is 0.00262. The highest BCUT2D eigenvalue weighted by Crippen LogP contribution is 2.40. The summed E-state index contributed by atoms with van der Waals surface area (Å²) in [5, 5.41) is 0. The molecule has 1 nitrogen and oxygen atoms in total. The molecule has 1 saturated carbocycles. The normalized spacial score (nSPS) is 14.6. The average Bonchev–Trinajstić information content (AvgIpc) is 3.20. The number of hydrogen-bond donors (Lipinski definition) is 0. The van der Waals surface area contributed by atoms with Gasteiger partial charge in [0, 0.05) is 12.1 Å². The highest BCUT2D eigenvalue weighted by atomic mass is 19.3. The van der Waals surface area contributed by atoms with Gasteiger partial charge in [0.15, 0.2) is 17.5 Å². The Kier molecular flexibility index (Phi) is 8.25. The predicted octanol–water partition coefficient (Wildman–Crippen LogP) is 10.6. The van der Waals surface area contributed by atoms with E-state index in [2.05, 4.69) is 4.74 Å². The van der Waals surface area contributed by atoms with Gasteiger partial charge < -0.3 is 4.74 Å². The molecule has 0 heterocycles. The lowest BCUT2D eigenvalue weighted by atomic mass is 9.90. The lowest BCUT2D eigenvalue weighted by Crippen LogP contribution is -2.25. The van der Waals surface area contributed by atoms with Gasteiger partial charge in [-0.1, -0.05) is 49.9 Å². The van der Waals surface area contributed by atoms with Crippen molar-refractivity contribution in [3.63, 3.8) is 0 Å². The molecule has 0 aliphatic heterocycles. The Balaban J connectivity index is 1.39. The van der Waals surface area contributed by atoms with E-state index >= 15 is 0 Å². The van der Waals surface area contributed by atoms with Gasteiger partial charge >= 0.3 is 6.11 Å². The van der Waals surface area contributed by atoms with Crippen LogP contribution in [0, 0.1) is 40.7 Å². The fraction of sp³-hybridized carbons (Fsp3) is 0.250. The van der Waals surface area contributed by atoms with Crippen LogP contribution in [0.2, 0.25) is 0 Å². The zero-order valence-corrected chi connectivity index (χ0v) is 21.9. The highest BCUT2D eigenvalue weighted by molar-refractivity contribution is 5.67. The SMILES string of the molecule is Fc1cc(-c2c(F)cc(OC(F)(F)c3c(F)cc(-c4ccc(C5CCCCCC5)cc4)cc3F)cc2F)cc(F)c1F. The summed E-state index contributed by atoms with van der Waals surface area (Å²) in [6.07, 6.45) is 1.99. The van der Waals surface area contributed by atoms with Crippen molar-refractivity contribution >= 4 is 0 Å². The molecule has 1 aliphatic carbocycles. The van der Waals surface area contributed by atoms with Crippen LogP contribution in [0.5, 0.6) is 5.75 Å². The molecule has 0 radical (unpaired) electrons. The summed E-state index contributed by atoms with van der Waals surface area (Å²) in [7, 11) is 0. The summed E-state index contributed by atoms with van der Waals surface area (Å²) in [6, 6.07) is 9.55. The molecule has 4 aromatic rings. The number of benzene rings is 4. The van der Waals surface area contributed by atoms with Crippen LogP contribution in [0.25, 0.3) is 22.3 Å². The summed E-state index contributed by atoms with van der Waals surface area (Å²) in [5.74, 6) is -12.6. The second kappa shape index (κ2) is 11.7. The van der Waals surface area contributed by atoms with E-state index in [0.29, 0.717) is 35.7 Å². The van der Waals surface area contributed by atoms with Crippen molar-refractivity contribution in [2.24, 2.45) is 0 Å². The summed E-state index contributed by atoms with van der Waals surface area (Å²) >= 11 is 0. The van der Waals surface area contributed by atoms with Gasteiger partial charge in [-0.2, -0.15) is 8.78 Å². The van der Waals surface area contributed by atoms with Gasteiger partial charge in [-0.3, -0.25) is 0 Å². The Hall–Kier alpha value is -3.95. The highest BCUT2D eigenvalue weighted by Gasteiger charge is 2.41. The first-order valence-electron chi connectivity index (χ1n) is 13.2. The van der Waals surface area contributed by atoms with Crippen molar-refractivity contribution in [2.45, 2.75) is 50.6 Å². The molecule has 0 aromatic heterocycles. The van der Waals surface area contributed by atoms with Crippen LogP contribution < -0.4 is 4.74 Å². The second-order valence-corrected chi connectivity index (χ2v) is 10.3. The molecule has 0 amide bonds. The number of halogens is 9. The van der Waals surface area contributed by atoms with Crippen molar-refractivity contribution in [1.29, 1.82) is 0 Å². The van der Waals surface area contributed by atoms with E-state index in [9.17, 15) is 39.5 Å². The van der Waals surface area contributed by atoms with Crippen molar-refractivity contribution in [3.05, 3.63) is 113 Å². The zero-order chi connectivity index (χ0) is 30.2. The van der Waals surface area contributed by atoms with Crippen LogP contribution in [0.1, 0.15) is 55.6 Å². The minimum Gasteiger partial charge on any atom is -0.429 e. The molecule has 10 heteroatoms. The Morgan fingerprint density at radius 3 is 1.57 bits per heavy atom. The van der Waals surface area contributed by atoms with Crippen molar-refractivity contribution in [1.82, 2.24) is 0 Å². The molecule has 0 N–H and O–H groups in total. The quantitative estimate of drug-likeness (QED) is 0.123. The van der Waals surface area contributed by atoms with Crippen LogP contribution in [0.15, 0.2) is 60.7 Å². The molecule has 0 spiro atoms. The average molecular weight is 595 g/mol. The van der Waals surface area contributed by atoms with Gasteiger partial charge in [0.05, 0.1) is 5.56 Å². The van der Waals surface area contributed by atoms with Gasteiger partial charge in [0.2, 0.25) is 0 Å². The first-order valence-corrected chi connectivity index (χ1v) is 13.2. The van der Waals surface area contributed by atoms with Gasteiger partial charge in [-0.05, 0) is 65.3 Å². The van der Waals surface area contributed by atoms with E-state index in [1.54, 1.807) is 12.1 Å². The number of ether oxygens (including phenoxy) is 1. The third-order valence-corrected chi connectivity index (χ3v) is 7.44. The molecular formula is C32H23F9O. The fourth-order valence-corrected chi connectivity index (χ4v) is 5.36.